The smallest absolute Gasteiger partial charge is 0.419 e. The van der Waals surface area contributed by atoms with Gasteiger partial charge in [0.15, 0.2) is 0 Å². The highest BCUT2D eigenvalue weighted by atomic mass is 32.2. The number of furan rings is 1. The van der Waals surface area contributed by atoms with E-state index in [1.807, 2.05) is 0 Å². The highest BCUT2D eigenvalue weighted by molar-refractivity contribution is 7.92. The molecule has 1 unspecified atom stereocenters. The molecule has 1 aliphatic heterocycles. The summed E-state index contributed by atoms with van der Waals surface area (Å²) in [7, 11) is -2.40. The number of rotatable bonds is 7. The number of halogens is 2. The van der Waals surface area contributed by atoms with Crippen molar-refractivity contribution in [3.05, 3.63) is 89.1 Å². The quantitative estimate of drug-likeness (QED) is 0.195. The van der Waals surface area contributed by atoms with E-state index in [1.165, 1.54) is 67.4 Å². The summed E-state index contributed by atoms with van der Waals surface area (Å²) >= 11 is 0. The summed E-state index contributed by atoms with van der Waals surface area (Å²) in [6.07, 6.45) is -1.87. The number of nitrogens with zero attached hydrogens (tertiary/aromatic N) is 2. The van der Waals surface area contributed by atoms with Gasteiger partial charge in [-0.25, -0.2) is 26.6 Å². The fraction of sp³-hybridized carbons (Fsp3) is 0.306. The lowest BCUT2D eigenvalue weighted by molar-refractivity contribution is -0.0228. The summed E-state index contributed by atoms with van der Waals surface area (Å²) in [5.41, 5.74) is -0.0967. The molecule has 3 heterocycles. The maximum absolute atomic E-state index is 15.1. The van der Waals surface area contributed by atoms with Crippen molar-refractivity contribution in [3.63, 3.8) is 0 Å². The number of hydrogen-bond acceptors (Lipinski definition) is 8. The second kappa shape index (κ2) is 13.5. The first-order valence-corrected chi connectivity index (χ1v) is 17.8. The highest BCUT2D eigenvalue weighted by Crippen LogP contribution is 2.40. The van der Waals surface area contributed by atoms with Crippen LogP contribution in [0.4, 0.5) is 19.3 Å². The predicted octanol–water partition coefficient (Wildman–Crippen LogP) is 6.45. The number of carbonyl (C=O) groups excluding carboxylic acids is 3. The molecule has 6 rings (SSSR count). The zero-order valence-electron chi connectivity index (χ0n) is 28.5. The van der Waals surface area contributed by atoms with Crippen molar-refractivity contribution in [2.45, 2.75) is 39.4 Å². The number of anilines is 1. The second-order valence-electron chi connectivity index (χ2n) is 13.0. The molecule has 2 N–H and O–H groups in total. The van der Waals surface area contributed by atoms with Crippen molar-refractivity contribution in [1.29, 1.82) is 0 Å². The minimum absolute atomic E-state index is 0.0178. The standard InChI is InChI=1S/C36H36F2N4O8S/c1-6-51(46,47)40-26-18-28-24(30(33(43)39-5)32(49-28)20-10-12-22(37)13-11-20)17-23(26)29-19-41(14-15-48-29)34(44)27-16-21-8-7-9-25(38)31(21)42(27)35(45)50-36(2,3)4/h7-13,16-18,29,40H,6,14-15,19H2,1-5H3,(H,39,43). The van der Waals surface area contributed by atoms with Gasteiger partial charge in [-0.1, -0.05) is 12.1 Å². The van der Waals surface area contributed by atoms with E-state index in [2.05, 4.69) is 10.0 Å². The molecule has 2 amide bonds. The van der Waals surface area contributed by atoms with E-state index in [0.717, 1.165) is 4.57 Å². The van der Waals surface area contributed by atoms with Gasteiger partial charge < -0.3 is 24.1 Å². The number of carbonyl (C=O) groups is 3. The van der Waals surface area contributed by atoms with Crippen molar-refractivity contribution in [2.75, 3.05) is 37.2 Å². The predicted molar refractivity (Wildman–Crippen MR) is 186 cm³/mol. The topological polar surface area (TPSA) is 149 Å². The fourth-order valence-corrected chi connectivity index (χ4v) is 6.62. The van der Waals surface area contributed by atoms with Crippen molar-refractivity contribution in [1.82, 2.24) is 14.8 Å². The number of amides is 2. The molecule has 0 saturated carbocycles. The zero-order valence-corrected chi connectivity index (χ0v) is 29.3. The van der Waals surface area contributed by atoms with Gasteiger partial charge in [0.05, 0.1) is 35.7 Å². The van der Waals surface area contributed by atoms with Crippen LogP contribution in [0.25, 0.3) is 33.2 Å². The third-order valence-electron chi connectivity index (χ3n) is 8.34. The van der Waals surface area contributed by atoms with Crippen molar-refractivity contribution < 1.29 is 45.5 Å². The molecular formula is C36H36F2N4O8S. The van der Waals surface area contributed by atoms with Crippen molar-refractivity contribution >= 4 is 55.5 Å². The van der Waals surface area contributed by atoms with Crippen LogP contribution in [0, 0.1) is 11.6 Å². The molecule has 0 aliphatic carbocycles. The molecule has 51 heavy (non-hydrogen) atoms. The Morgan fingerprint density at radius 3 is 2.43 bits per heavy atom. The maximum Gasteiger partial charge on any atom is 0.419 e. The minimum Gasteiger partial charge on any atom is -0.455 e. The normalized spacial score (nSPS) is 15.3. The van der Waals surface area contributed by atoms with E-state index in [4.69, 9.17) is 13.9 Å². The van der Waals surface area contributed by atoms with E-state index in [9.17, 15) is 27.2 Å². The number of morpholine rings is 1. The third-order valence-corrected chi connectivity index (χ3v) is 9.63. The summed E-state index contributed by atoms with van der Waals surface area (Å²) in [5, 5.41) is 3.22. The SMILES string of the molecule is CCS(=O)(=O)Nc1cc2oc(-c3ccc(F)cc3)c(C(=O)NC)c2cc1C1CN(C(=O)c2cc3cccc(F)c3n2C(=O)OC(C)(C)C)CCO1. The molecule has 1 atom stereocenters. The Hall–Kier alpha value is -5.28. The Kier molecular flexibility index (Phi) is 9.37. The molecule has 3 aromatic carbocycles. The molecule has 1 aliphatic rings. The molecule has 0 radical (unpaired) electrons. The van der Waals surface area contributed by atoms with Gasteiger partial charge >= 0.3 is 6.09 Å². The molecule has 1 fully saturated rings. The van der Waals surface area contributed by atoms with Crippen molar-refractivity contribution in [3.8, 4) is 11.3 Å². The lowest BCUT2D eigenvalue weighted by Gasteiger charge is -2.34. The molecule has 12 nitrogen and oxygen atoms in total. The fourth-order valence-electron chi connectivity index (χ4n) is 5.96. The summed E-state index contributed by atoms with van der Waals surface area (Å²) in [6, 6.07) is 14.0. The molecule has 2 aromatic heterocycles. The average molecular weight is 723 g/mol. The third kappa shape index (κ3) is 7.03. The van der Waals surface area contributed by atoms with Crippen LogP contribution in [0.15, 0.2) is 65.1 Å². The first kappa shape index (κ1) is 35.5. The van der Waals surface area contributed by atoms with Gasteiger partial charge in [0.25, 0.3) is 11.8 Å². The first-order chi connectivity index (χ1) is 24.1. The second-order valence-corrected chi connectivity index (χ2v) is 15.0. The number of nitrogens with one attached hydrogen (secondary N) is 2. The van der Waals surface area contributed by atoms with Gasteiger partial charge in [-0.3, -0.25) is 14.3 Å². The highest BCUT2D eigenvalue weighted by Gasteiger charge is 2.34. The average Bonchev–Trinajstić information content (AvgIpc) is 3.66. The van der Waals surface area contributed by atoms with E-state index < -0.39 is 51.3 Å². The van der Waals surface area contributed by atoms with Gasteiger partial charge in [0.1, 0.15) is 40.4 Å². The number of hydrogen-bond donors (Lipinski definition) is 2. The van der Waals surface area contributed by atoms with Crippen LogP contribution >= 0.6 is 0 Å². The van der Waals surface area contributed by atoms with Gasteiger partial charge in [0.2, 0.25) is 10.0 Å². The minimum atomic E-state index is -3.84. The zero-order chi connectivity index (χ0) is 36.8. The van der Waals surface area contributed by atoms with Gasteiger partial charge in [0, 0.05) is 41.6 Å². The van der Waals surface area contributed by atoms with Crippen molar-refractivity contribution in [2.24, 2.45) is 0 Å². The van der Waals surface area contributed by atoms with Crippen LogP contribution in [0.1, 0.15) is 60.2 Å². The number of fused-ring (bicyclic) bond motifs is 2. The Balaban J connectivity index is 1.45. The first-order valence-electron chi connectivity index (χ1n) is 16.1. The lowest BCUT2D eigenvalue weighted by Crippen LogP contribution is -2.43. The van der Waals surface area contributed by atoms with Crippen LogP contribution in [0.2, 0.25) is 0 Å². The monoisotopic (exact) mass is 722 g/mol. The number of para-hydroxylation sites is 1. The van der Waals surface area contributed by atoms with Crippen LogP contribution in [0.5, 0.6) is 0 Å². The molecule has 5 aromatic rings. The molecular weight excluding hydrogens is 686 g/mol. The van der Waals surface area contributed by atoms with E-state index in [1.54, 1.807) is 32.9 Å². The van der Waals surface area contributed by atoms with Gasteiger partial charge in [-0.15, -0.1) is 0 Å². The number of ether oxygens (including phenoxy) is 2. The molecule has 1 saturated heterocycles. The Bertz CT molecular complexity index is 2290. The number of sulfonamides is 1. The maximum atomic E-state index is 15.1. The number of benzene rings is 3. The van der Waals surface area contributed by atoms with E-state index in [0.29, 0.717) is 21.9 Å². The molecule has 15 heteroatoms. The van der Waals surface area contributed by atoms with Crippen LogP contribution in [0.3, 0.4) is 0 Å². The van der Waals surface area contributed by atoms with Crippen LogP contribution in [-0.4, -0.2) is 73.9 Å². The molecule has 0 bridgehead atoms. The number of aromatic nitrogens is 1. The molecule has 0 spiro atoms. The van der Waals surface area contributed by atoms with Crippen LogP contribution < -0.4 is 10.0 Å². The summed E-state index contributed by atoms with van der Waals surface area (Å²) in [5.74, 6) is -2.45. The van der Waals surface area contributed by atoms with Gasteiger partial charge in [-0.05, 0) is 70.2 Å². The Morgan fingerprint density at radius 2 is 1.76 bits per heavy atom. The summed E-state index contributed by atoms with van der Waals surface area (Å²) in [4.78, 5) is 42.3. The largest absolute Gasteiger partial charge is 0.455 e. The van der Waals surface area contributed by atoms with Crippen LogP contribution in [-0.2, 0) is 19.5 Å². The summed E-state index contributed by atoms with van der Waals surface area (Å²) in [6.45, 7) is 6.43. The summed E-state index contributed by atoms with van der Waals surface area (Å²) < 4.78 is 75.9. The Morgan fingerprint density at radius 1 is 1.04 bits per heavy atom. The lowest BCUT2D eigenvalue weighted by atomic mass is 9.99. The van der Waals surface area contributed by atoms with Gasteiger partial charge in [-0.2, -0.15) is 0 Å². The van der Waals surface area contributed by atoms with E-state index >= 15 is 4.39 Å². The molecule has 268 valence electrons. The Labute approximate surface area is 292 Å². The van der Waals surface area contributed by atoms with E-state index in [-0.39, 0.29) is 59.3 Å².